The van der Waals surface area contributed by atoms with Crippen LogP contribution in [-0.4, -0.2) is 17.1 Å². The lowest BCUT2D eigenvalue weighted by Crippen LogP contribution is -2.48. The molecule has 88 valence electrons. The van der Waals surface area contributed by atoms with Crippen molar-refractivity contribution in [1.82, 2.24) is 0 Å². The molecule has 0 spiro atoms. The quantitative estimate of drug-likeness (QED) is 0.578. The molecule has 3 heteroatoms. The first kappa shape index (κ1) is 14.2. The van der Waals surface area contributed by atoms with Gasteiger partial charge in [-0.15, -0.1) is 0 Å². The van der Waals surface area contributed by atoms with Crippen LogP contribution in [-0.2, 0) is 9.53 Å². The van der Waals surface area contributed by atoms with Gasteiger partial charge >= 0.3 is 5.97 Å². The van der Waals surface area contributed by atoms with Crippen LogP contribution in [0.25, 0.3) is 0 Å². The number of esters is 1. The van der Waals surface area contributed by atoms with Gasteiger partial charge in [0.2, 0.25) is 0 Å². The van der Waals surface area contributed by atoms with Crippen LogP contribution in [0.15, 0.2) is 11.6 Å². The van der Waals surface area contributed by atoms with E-state index in [2.05, 4.69) is 0 Å². The van der Waals surface area contributed by atoms with Crippen LogP contribution in [0, 0.1) is 0 Å². The molecule has 0 heterocycles. The molecule has 2 N–H and O–H groups in total. The number of hydrogen-bond acceptors (Lipinski definition) is 3. The maximum absolute atomic E-state index is 11.7. The molecule has 3 nitrogen and oxygen atoms in total. The zero-order chi connectivity index (χ0) is 12.3. The van der Waals surface area contributed by atoms with Gasteiger partial charge in [0.05, 0.1) is 0 Å². The number of hydrogen-bond donors (Lipinski definition) is 1. The van der Waals surface area contributed by atoms with Crippen molar-refractivity contribution < 1.29 is 9.53 Å². The summed E-state index contributed by atoms with van der Waals surface area (Å²) >= 11 is 0. The average Bonchev–Trinajstić information content (AvgIpc) is 1.97. The van der Waals surface area contributed by atoms with Gasteiger partial charge < -0.3 is 10.5 Å². The van der Waals surface area contributed by atoms with Crippen LogP contribution in [0.2, 0.25) is 0 Å². The summed E-state index contributed by atoms with van der Waals surface area (Å²) in [4.78, 5) is 11.7. The minimum atomic E-state index is -0.940. The SMILES string of the molecule is CC(C)=CC[C@@](C)(N)C(=O)OC(C)(C)C. The summed E-state index contributed by atoms with van der Waals surface area (Å²) in [5.41, 5.74) is 5.62. The molecule has 0 radical (unpaired) electrons. The van der Waals surface area contributed by atoms with E-state index in [4.69, 9.17) is 10.5 Å². The lowest BCUT2D eigenvalue weighted by molar-refractivity contribution is -0.160. The molecule has 0 aromatic heterocycles. The number of nitrogens with two attached hydrogens (primary N) is 1. The predicted octanol–water partition coefficient (Wildman–Crippen LogP) is 2.40. The molecule has 0 saturated carbocycles. The van der Waals surface area contributed by atoms with E-state index in [1.807, 2.05) is 40.7 Å². The minimum absolute atomic E-state index is 0.354. The van der Waals surface area contributed by atoms with Crippen molar-refractivity contribution in [3.8, 4) is 0 Å². The fraction of sp³-hybridized carbons (Fsp3) is 0.750. The van der Waals surface area contributed by atoms with Gasteiger partial charge in [0.1, 0.15) is 11.1 Å². The van der Waals surface area contributed by atoms with Crippen molar-refractivity contribution in [3.05, 3.63) is 11.6 Å². The Balaban J connectivity index is 4.46. The molecule has 0 aliphatic heterocycles. The summed E-state index contributed by atoms with van der Waals surface area (Å²) in [5.74, 6) is -0.354. The molecule has 0 saturated heterocycles. The van der Waals surface area contributed by atoms with E-state index >= 15 is 0 Å². The Morgan fingerprint density at radius 2 is 1.73 bits per heavy atom. The second-order valence-electron chi connectivity index (χ2n) is 5.40. The largest absolute Gasteiger partial charge is 0.459 e. The second kappa shape index (κ2) is 4.79. The first-order valence-electron chi connectivity index (χ1n) is 5.20. The van der Waals surface area contributed by atoms with Crippen molar-refractivity contribution in [1.29, 1.82) is 0 Å². The highest BCUT2D eigenvalue weighted by atomic mass is 16.6. The molecular weight excluding hydrogens is 190 g/mol. The van der Waals surface area contributed by atoms with E-state index in [1.165, 1.54) is 0 Å². The summed E-state index contributed by atoms with van der Waals surface area (Å²) < 4.78 is 5.24. The normalized spacial score (nSPS) is 15.4. The predicted molar refractivity (Wildman–Crippen MR) is 62.5 cm³/mol. The molecule has 15 heavy (non-hydrogen) atoms. The summed E-state index contributed by atoms with van der Waals surface area (Å²) in [6.07, 6.45) is 2.45. The van der Waals surface area contributed by atoms with Crippen molar-refractivity contribution in [3.63, 3.8) is 0 Å². The monoisotopic (exact) mass is 213 g/mol. The maximum Gasteiger partial charge on any atom is 0.326 e. The van der Waals surface area contributed by atoms with Crippen molar-refractivity contribution in [2.75, 3.05) is 0 Å². The Hall–Kier alpha value is -0.830. The van der Waals surface area contributed by atoms with Crippen LogP contribution in [0.3, 0.4) is 0 Å². The van der Waals surface area contributed by atoms with Crippen molar-refractivity contribution in [2.45, 2.75) is 59.1 Å². The van der Waals surface area contributed by atoms with Gasteiger partial charge in [-0.2, -0.15) is 0 Å². The van der Waals surface area contributed by atoms with E-state index in [-0.39, 0.29) is 5.97 Å². The Morgan fingerprint density at radius 3 is 2.07 bits per heavy atom. The van der Waals surface area contributed by atoms with E-state index in [0.29, 0.717) is 6.42 Å². The molecule has 0 bridgehead atoms. The van der Waals surface area contributed by atoms with Crippen LogP contribution in [0.4, 0.5) is 0 Å². The fourth-order valence-corrected chi connectivity index (χ4v) is 0.894. The zero-order valence-corrected chi connectivity index (χ0v) is 10.7. The summed E-state index contributed by atoms with van der Waals surface area (Å²) in [5, 5.41) is 0. The number of ether oxygens (including phenoxy) is 1. The van der Waals surface area contributed by atoms with E-state index < -0.39 is 11.1 Å². The standard InChI is InChI=1S/C12H23NO2/c1-9(2)7-8-12(6,13)10(14)15-11(3,4)5/h7H,8,13H2,1-6H3/t12-/m1/s1. The molecule has 0 rings (SSSR count). The van der Waals surface area contributed by atoms with Crippen LogP contribution in [0.5, 0.6) is 0 Å². The highest BCUT2D eigenvalue weighted by Crippen LogP contribution is 2.16. The van der Waals surface area contributed by atoms with Gasteiger partial charge in [-0.3, -0.25) is 4.79 Å². The molecule has 0 aliphatic rings. The summed E-state index contributed by atoms with van der Waals surface area (Å²) in [6, 6.07) is 0. The van der Waals surface area contributed by atoms with Crippen molar-refractivity contribution in [2.24, 2.45) is 5.73 Å². The summed E-state index contributed by atoms with van der Waals surface area (Å²) in [6.45, 7) is 11.2. The average molecular weight is 213 g/mol. The van der Waals surface area contributed by atoms with E-state index in [0.717, 1.165) is 5.57 Å². The molecule has 0 unspecified atom stereocenters. The Labute approximate surface area is 92.7 Å². The van der Waals surface area contributed by atoms with Crippen LogP contribution < -0.4 is 5.73 Å². The lowest BCUT2D eigenvalue weighted by atomic mass is 9.98. The topological polar surface area (TPSA) is 52.3 Å². The molecule has 0 aromatic carbocycles. The third-order valence-corrected chi connectivity index (χ3v) is 1.80. The van der Waals surface area contributed by atoms with Crippen molar-refractivity contribution >= 4 is 5.97 Å². The molecule has 0 amide bonds. The third kappa shape index (κ3) is 6.28. The number of rotatable bonds is 3. The zero-order valence-electron chi connectivity index (χ0n) is 10.7. The number of carbonyl (C=O) groups excluding carboxylic acids is 1. The maximum atomic E-state index is 11.7. The molecule has 0 fully saturated rings. The molecular formula is C12H23NO2. The highest BCUT2D eigenvalue weighted by molar-refractivity contribution is 5.80. The molecule has 1 atom stereocenters. The minimum Gasteiger partial charge on any atom is -0.459 e. The Kier molecular flexibility index (Phi) is 4.53. The van der Waals surface area contributed by atoms with Crippen LogP contribution >= 0.6 is 0 Å². The highest BCUT2D eigenvalue weighted by Gasteiger charge is 2.32. The molecule has 0 aliphatic carbocycles. The first-order valence-corrected chi connectivity index (χ1v) is 5.20. The van der Waals surface area contributed by atoms with Gasteiger partial charge in [-0.1, -0.05) is 11.6 Å². The van der Waals surface area contributed by atoms with E-state index in [9.17, 15) is 4.79 Å². The van der Waals surface area contributed by atoms with Gasteiger partial charge in [-0.25, -0.2) is 0 Å². The second-order valence-corrected chi connectivity index (χ2v) is 5.40. The Morgan fingerprint density at radius 1 is 1.27 bits per heavy atom. The molecule has 0 aromatic rings. The van der Waals surface area contributed by atoms with Gasteiger partial charge in [0, 0.05) is 0 Å². The van der Waals surface area contributed by atoms with Gasteiger partial charge in [0.15, 0.2) is 0 Å². The smallest absolute Gasteiger partial charge is 0.326 e. The van der Waals surface area contributed by atoms with Gasteiger partial charge in [-0.05, 0) is 48.0 Å². The Bertz CT molecular complexity index is 255. The summed E-state index contributed by atoms with van der Waals surface area (Å²) in [7, 11) is 0. The third-order valence-electron chi connectivity index (χ3n) is 1.80. The fourth-order valence-electron chi connectivity index (χ4n) is 0.894. The lowest BCUT2D eigenvalue weighted by Gasteiger charge is -2.27. The number of carbonyl (C=O) groups is 1. The number of allylic oxidation sites excluding steroid dienone is 1. The van der Waals surface area contributed by atoms with Gasteiger partial charge in [0.25, 0.3) is 0 Å². The van der Waals surface area contributed by atoms with Crippen LogP contribution in [0.1, 0.15) is 48.0 Å². The first-order chi connectivity index (χ1) is 6.54. The van der Waals surface area contributed by atoms with E-state index in [1.54, 1.807) is 6.92 Å².